The summed E-state index contributed by atoms with van der Waals surface area (Å²) >= 11 is 0. The van der Waals surface area contributed by atoms with E-state index in [2.05, 4.69) is 12.2 Å². The van der Waals surface area contributed by atoms with E-state index in [1.165, 1.54) is 38.5 Å². The number of carbonyl (C=O) groups is 1. The number of rotatable bonds is 4. The van der Waals surface area contributed by atoms with E-state index < -0.39 is 0 Å². The maximum Gasteiger partial charge on any atom is 0.314 e. The normalized spacial score (nSPS) is 24.4. The summed E-state index contributed by atoms with van der Waals surface area (Å²) in [4.78, 5) is 12.9. The van der Waals surface area contributed by atoms with E-state index in [4.69, 9.17) is 5.73 Å². The molecule has 4 heteroatoms. The zero-order chi connectivity index (χ0) is 13.7. The standard InChI is InChI=1S/C15H29N3O/c1-2-14(12-6-4-3-5-7-12)17-13-8-10-18(11-9-13)15(16)19/h12-14,17H,2-11H2,1H3,(H2,16,19). The molecule has 1 heterocycles. The summed E-state index contributed by atoms with van der Waals surface area (Å²) in [7, 11) is 0. The van der Waals surface area contributed by atoms with Gasteiger partial charge in [0, 0.05) is 25.2 Å². The van der Waals surface area contributed by atoms with E-state index in [9.17, 15) is 4.79 Å². The number of urea groups is 1. The summed E-state index contributed by atoms with van der Waals surface area (Å²) in [6, 6.07) is 0.977. The monoisotopic (exact) mass is 267 g/mol. The van der Waals surface area contributed by atoms with Gasteiger partial charge in [-0.05, 0) is 38.0 Å². The van der Waals surface area contributed by atoms with Gasteiger partial charge in [-0.15, -0.1) is 0 Å². The van der Waals surface area contributed by atoms with Crippen LogP contribution in [0.4, 0.5) is 4.79 Å². The molecule has 0 bridgehead atoms. The molecule has 1 unspecified atom stereocenters. The molecule has 19 heavy (non-hydrogen) atoms. The number of nitrogens with two attached hydrogens (primary N) is 1. The van der Waals surface area contributed by atoms with Gasteiger partial charge in [-0.25, -0.2) is 4.79 Å². The Morgan fingerprint density at radius 3 is 2.37 bits per heavy atom. The van der Waals surface area contributed by atoms with Crippen LogP contribution in [0.3, 0.4) is 0 Å². The first-order valence-corrected chi connectivity index (χ1v) is 8.01. The summed E-state index contributed by atoms with van der Waals surface area (Å²) in [6.45, 7) is 3.92. The van der Waals surface area contributed by atoms with Crippen molar-refractivity contribution in [1.29, 1.82) is 0 Å². The molecule has 1 saturated carbocycles. The molecule has 2 fully saturated rings. The number of nitrogens with one attached hydrogen (secondary N) is 1. The molecular formula is C15H29N3O. The molecule has 1 saturated heterocycles. The fraction of sp³-hybridized carbons (Fsp3) is 0.933. The van der Waals surface area contributed by atoms with Gasteiger partial charge in [0.25, 0.3) is 0 Å². The van der Waals surface area contributed by atoms with Crippen LogP contribution in [0.5, 0.6) is 0 Å². The Morgan fingerprint density at radius 1 is 1.21 bits per heavy atom. The fourth-order valence-corrected chi connectivity index (χ4v) is 3.69. The minimum atomic E-state index is -0.266. The predicted octanol–water partition coefficient (Wildman–Crippen LogP) is 2.48. The second-order valence-electron chi connectivity index (χ2n) is 6.18. The quantitative estimate of drug-likeness (QED) is 0.822. The lowest BCUT2D eigenvalue weighted by Gasteiger charge is -2.37. The summed E-state index contributed by atoms with van der Waals surface area (Å²) in [5.41, 5.74) is 5.32. The summed E-state index contributed by atoms with van der Waals surface area (Å²) in [5, 5.41) is 3.86. The van der Waals surface area contributed by atoms with E-state index in [0.717, 1.165) is 31.8 Å². The van der Waals surface area contributed by atoms with Crippen molar-refractivity contribution >= 4 is 6.03 Å². The van der Waals surface area contributed by atoms with Crippen molar-refractivity contribution in [2.24, 2.45) is 11.7 Å². The molecule has 1 aliphatic carbocycles. The summed E-state index contributed by atoms with van der Waals surface area (Å²) in [5.74, 6) is 0.868. The molecule has 3 N–H and O–H groups in total. The fourth-order valence-electron chi connectivity index (χ4n) is 3.69. The van der Waals surface area contributed by atoms with Crippen molar-refractivity contribution in [2.45, 2.75) is 70.4 Å². The van der Waals surface area contributed by atoms with Gasteiger partial charge in [0.1, 0.15) is 0 Å². The summed E-state index contributed by atoms with van der Waals surface area (Å²) in [6.07, 6.45) is 10.3. The highest BCUT2D eigenvalue weighted by Crippen LogP contribution is 2.28. The molecule has 0 aromatic carbocycles. The highest BCUT2D eigenvalue weighted by Gasteiger charge is 2.27. The maximum atomic E-state index is 11.1. The van der Waals surface area contributed by atoms with Crippen molar-refractivity contribution in [3.05, 3.63) is 0 Å². The molecule has 2 rings (SSSR count). The smallest absolute Gasteiger partial charge is 0.314 e. The van der Waals surface area contributed by atoms with Crippen LogP contribution in [0, 0.1) is 5.92 Å². The average Bonchev–Trinajstić information content (AvgIpc) is 2.46. The number of piperidine rings is 1. The van der Waals surface area contributed by atoms with Gasteiger partial charge in [0.2, 0.25) is 0 Å². The molecular weight excluding hydrogens is 238 g/mol. The van der Waals surface area contributed by atoms with Crippen LogP contribution >= 0.6 is 0 Å². The van der Waals surface area contributed by atoms with Crippen molar-refractivity contribution in [3.63, 3.8) is 0 Å². The third kappa shape index (κ3) is 4.10. The van der Waals surface area contributed by atoms with Gasteiger partial charge < -0.3 is 16.0 Å². The SMILES string of the molecule is CCC(NC1CCN(C(N)=O)CC1)C1CCCCC1. The minimum Gasteiger partial charge on any atom is -0.351 e. The van der Waals surface area contributed by atoms with Gasteiger partial charge in [-0.3, -0.25) is 0 Å². The van der Waals surface area contributed by atoms with E-state index >= 15 is 0 Å². The van der Waals surface area contributed by atoms with E-state index in [1.807, 2.05) is 0 Å². The Bertz CT molecular complexity index is 281. The van der Waals surface area contributed by atoms with Gasteiger partial charge in [-0.2, -0.15) is 0 Å². The van der Waals surface area contributed by atoms with E-state index in [1.54, 1.807) is 4.90 Å². The largest absolute Gasteiger partial charge is 0.351 e. The Morgan fingerprint density at radius 2 is 1.84 bits per heavy atom. The second-order valence-corrected chi connectivity index (χ2v) is 6.18. The lowest BCUT2D eigenvalue weighted by Crippen LogP contribution is -2.50. The lowest BCUT2D eigenvalue weighted by molar-refractivity contribution is 0.171. The molecule has 2 aliphatic rings. The van der Waals surface area contributed by atoms with Crippen LogP contribution in [0.25, 0.3) is 0 Å². The van der Waals surface area contributed by atoms with Gasteiger partial charge in [-0.1, -0.05) is 26.2 Å². The van der Waals surface area contributed by atoms with Crippen LogP contribution in [-0.4, -0.2) is 36.1 Å². The van der Waals surface area contributed by atoms with Crippen molar-refractivity contribution < 1.29 is 4.79 Å². The second kappa shape index (κ2) is 7.13. The van der Waals surface area contributed by atoms with Crippen LogP contribution < -0.4 is 11.1 Å². The number of primary amides is 1. The van der Waals surface area contributed by atoms with Crippen molar-refractivity contribution in [3.8, 4) is 0 Å². The number of carbonyl (C=O) groups excluding carboxylic acids is 1. The molecule has 110 valence electrons. The van der Waals surface area contributed by atoms with Gasteiger partial charge in [0.15, 0.2) is 0 Å². The third-order valence-corrected chi connectivity index (χ3v) is 4.92. The number of amides is 2. The Kier molecular flexibility index (Phi) is 5.49. The van der Waals surface area contributed by atoms with Crippen molar-refractivity contribution in [1.82, 2.24) is 10.2 Å². The number of likely N-dealkylation sites (tertiary alicyclic amines) is 1. The van der Waals surface area contributed by atoms with Gasteiger partial charge in [0.05, 0.1) is 0 Å². The molecule has 1 atom stereocenters. The van der Waals surface area contributed by atoms with Crippen LogP contribution in [0.15, 0.2) is 0 Å². The number of hydrogen-bond acceptors (Lipinski definition) is 2. The molecule has 4 nitrogen and oxygen atoms in total. The van der Waals surface area contributed by atoms with Gasteiger partial charge >= 0.3 is 6.03 Å². The minimum absolute atomic E-state index is 0.266. The number of hydrogen-bond donors (Lipinski definition) is 2. The molecule has 2 amide bonds. The molecule has 1 aliphatic heterocycles. The highest BCUT2D eigenvalue weighted by atomic mass is 16.2. The first kappa shape index (κ1) is 14.6. The Labute approximate surface area is 117 Å². The Hall–Kier alpha value is -0.770. The van der Waals surface area contributed by atoms with Crippen LogP contribution in [0.2, 0.25) is 0 Å². The molecule has 0 spiro atoms. The molecule has 0 aromatic rings. The summed E-state index contributed by atoms with van der Waals surface area (Å²) < 4.78 is 0. The Balaban J connectivity index is 1.77. The zero-order valence-corrected chi connectivity index (χ0v) is 12.2. The highest BCUT2D eigenvalue weighted by molar-refractivity contribution is 5.72. The molecule has 0 radical (unpaired) electrons. The first-order valence-electron chi connectivity index (χ1n) is 8.01. The van der Waals surface area contributed by atoms with Crippen molar-refractivity contribution in [2.75, 3.05) is 13.1 Å². The predicted molar refractivity (Wildman–Crippen MR) is 78.0 cm³/mol. The molecule has 0 aromatic heterocycles. The van der Waals surface area contributed by atoms with E-state index in [-0.39, 0.29) is 6.03 Å². The van der Waals surface area contributed by atoms with Crippen LogP contribution in [0.1, 0.15) is 58.3 Å². The maximum absolute atomic E-state index is 11.1. The topological polar surface area (TPSA) is 58.4 Å². The average molecular weight is 267 g/mol. The first-order chi connectivity index (χ1) is 9.20. The van der Waals surface area contributed by atoms with Crippen LogP contribution in [-0.2, 0) is 0 Å². The number of nitrogens with zero attached hydrogens (tertiary/aromatic N) is 1. The van der Waals surface area contributed by atoms with E-state index in [0.29, 0.717) is 12.1 Å². The zero-order valence-electron chi connectivity index (χ0n) is 12.2. The third-order valence-electron chi connectivity index (χ3n) is 4.92. The lowest BCUT2D eigenvalue weighted by atomic mass is 9.82.